The van der Waals surface area contributed by atoms with E-state index in [1.807, 2.05) is 18.2 Å². The van der Waals surface area contributed by atoms with Gasteiger partial charge in [0.25, 0.3) is 8.32 Å². The maximum absolute atomic E-state index is 12.0. The van der Waals surface area contributed by atoms with Crippen molar-refractivity contribution in [3.8, 4) is 0 Å². The van der Waals surface area contributed by atoms with Crippen LogP contribution in [0.2, 0.25) is 5.04 Å². The first-order chi connectivity index (χ1) is 16.9. The molecule has 0 aliphatic carbocycles. The van der Waals surface area contributed by atoms with Crippen molar-refractivity contribution in [2.24, 2.45) is 0 Å². The number of anilines is 1. The molecule has 0 amide bonds. The number of rotatable bonds is 8. The summed E-state index contributed by atoms with van der Waals surface area (Å²) in [6.45, 7) is 7.51. The van der Waals surface area contributed by atoms with E-state index in [0.29, 0.717) is 23.6 Å². The van der Waals surface area contributed by atoms with Crippen LogP contribution in [0.1, 0.15) is 61.2 Å². The van der Waals surface area contributed by atoms with Gasteiger partial charge in [0.1, 0.15) is 11.5 Å². The van der Waals surface area contributed by atoms with Crippen molar-refractivity contribution in [1.29, 1.82) is 0 Å². The fourth-order valence-electron chi connectivity index (χ4n) is 5.05. The van der Waals surface area contributed by atoms with E-state index in [2.05, 4.69) is 74.6 Å². The molecular formula is C28H34N2O4Si. The Kier molecular flexibility index (Phi) is 7.52. The van der Waals surface area contributed by atoms with Gasteiger partial charge in [-0.25, -0.2) is 4.98 Å². The van der Waals surface area contributed by atoms with Crippen molar-refractivity contribution < 1.29 is 18.7 Å². The van der Waals surface area contributed by atoms with Crippen LogP contribution in [0, 0.1) is 0 Å². The Balaban J connectivity index is 1.88. The Hall–Kier alpha value is -2.84. The average Bonchev–Trinajstić information content (AvgIpc) is 2.88. The molecule has 0 spiro atoms. The van der Waals surface area contributed by atoms with Crippen LogP contribution in [0.15, 0.2) is 66.7 Å². The van der Waals surface area contributed by atoms with Crippen molar-refractivity contribution >= 4 is 30.8 Å². The number of nitrogens with zero attached hydrogens (tertiary/aromatic N) is 1. The SMILES string of the molecule is COC(OC)c1nc2c(cc1C=O)C(O[Si](c1ccccc1)(c1ccccc1)C(C)(C)C)CCN2. The van der Waals surface area contributed by atoms with Gasteiger partial charge in [-0.3, -0.25) is 4.79 Å². The minimum atomic E-state index is -2.78. The van der Waals surface area contributed by atoms with E-state index < -0.39 is 14.6 Å². The Morgan fingerprint density at radius 2 is 1.57 bits per heavy atom. The number of aldehydes is 1. The first-order valence-corrected chi connectivity index (χ1v) is 13.8. The number of hydrogen-bond donors (Lipinski definition) is 1. The maximum Gasteiger partial charge on any atom is 0.261 e. The number of fused-ring (bicyclic) bond motifs is 1. The molecule has 1 aliphatic heterocycles. The van der Waals surface area contributed by atoms with Crippen LogP contribution in [-0.2, 0) is 13.9 Å². The molecule has 3 aromatic rings. The quantitative estimate of drug-likeness (QED) is 0.282. The van der Waals surface area contributed by atoms with E-state index in [4.69, 9.17) is 18.9 Å². The number of carbonyl (C=O) groups excluding carboxylic acids is 1. The molecule has 184 valence electrons. The summed E-state index contributed by atoms with van der Waals surface area (Å²) in [5, 5.41) is 5.68. The normalized spacial score (nSPS) is 16.0. The van der Waals surface area contributed by atoms with Crippen LogP contribution in [0.3, 0.4) is 0 Å². The molecule has 35 heavy (non-hydrogen) atoms. The molecule has 1 unspecified atom stereocenters. The molecule has 2 aromatic carbocycles. The van der Waals surface area contributed by atoms with Gasteiger partial charge in [0, 0.05) is 31.9 Å². The van der Waals surface area contributed by atoms with E-state index in [-0.39, 0.29) is 11.1 Å². The molecule has 0 fully saturated rings. The summed E-state index contributed by atoms with van der Waals surface area (Å²) >= 11 is 0. The number of carbonyl (C=O) groups is 1. The molecule has 1 N–H and O–H groups in total. The Morgan fingerprint density at radius 1 is 1.00 bits per heavy atom. The topological polar surface area (TPSA) is 69.7 Å². The molecule has 4 rings (SSSR count). The standard InChI is InChI=1S/C28H34N2O4Si/c1-28(2,3)35(21-12-8-6-9-13-21,22-14-10-7-11-15-22)34-24-16-17-29-26-23(24)18-20(19-31)25(30-26)27(32-4)33-5/h6-15,18-19,24,27H,16-17H2,1-5H3,(H,29,30). The Morgan fingerprint density at radius 3 is 2.06 bits per heavy atom. The number of ether oxygens (including phenoxy) is 2. The van der Waals surface area contributed by atoms with E-state index in [1.54, 1.807) is 0 Å². The zero-order chi connectivity index (χ0) is 25.1. The minimum Gasteiger partial charge on any atom is -0.400 e. The third-order valence-electron chi connectivity index (χ3n) is 6.67. The number of pyridine rings is 1. The summed E-state index contributed by atoms with van der Waals surface area (Å²) in [7, 11) is 0.293. The summed E-state index contributed by atoms with van der Waals surface area (Å²) in [4.78, 5) is 16.8. The molecule has 1 atom stereocenters. The lowest BCUT2D eigenvalue weighted by atomic mass is 10.0. The van der Waals surface area contributed by atoms with Crippen LogP contribution in [-0.4, -0.2) is 40.4 Å². The summed E-state index contributed by atoms with van der Waals surface area (Å²) in [6.07, 6.45) is 0.637. The molecule has 2 heterocycles. The van der Waals surface area contributed by atoms with Gasteiger partial charge in [0.2, 0.25) is 6.29 Å². The second-order valence-corrected chi connectivity index (χ2v) is 14.1. The predicted molar refractivity (Wildman–Crippen MR) is 141 cm³/mol. The molecule has 0 radical (unpaired) electrons. The van der Waals surface area contributed by atoms with Crippen molar-refractivity contribution in [3.63, 3.8) is 0 Å². The summed E-state index contributed by atoms with van der Waals surface area (Å²) < 4.78 is 18.2. The number of benzene rings is 2. The average molecular weight is 491 g/mol. The van der Waals surface area contributed by atoms with Crippen molar-refractivity contribution in [2.45, 2.75) is 44.6 Å². The van der Waals surface area contributed by atoms with Gasteiger partial charge in [0.05, 0.1) is 6.10 Å². The number of methoxy groups -OCH3 is 2. The molecule has 1 aromatic heterocycles. The lowest BCUT2D eigenvalue weighted by Crippen LogP contribution is -2.67. The van der Waals surface area contributed by atoms with E-state index in [9.17, 15) is 4.79 Å². The highest BCUT2D eigenvalue weighted by atomic mass is 28.4. The van der Waals surface area contributed by atoms with Crippen LogP contribution < -0.4 is 15.7 Å². The molecule has 1 aliphatic rings. The smallest absolute Gasteiger partial charge is 0.261 e. The molecule has 0 saturated carbocycles. The fraction of sp³-hybridized carbons (Fsp3) is 0.357. The zero-order valence-electron chi connectivity index (χ0n) is 21.1. The highest BCUT2D eigenvalue weighted by Gasteiger charge is 2.52. The highest BCUT2D eigenvalue weighted by Crippen LogP contribution is 2.43. The van der Waals surface area contributed by atoms with Crippen molar-refractivity contribution in [3.05, 3.63) is 83.6 Å². The summed E-state index contributed by atoms with van der Waals surface area (Å²) in [5.74, 6) is 0.707. The number of aromatic nitrogens is 1. The zero-order valence-corrected chi connectivity index (χ0v) is 22.1. The highest BCUT2D eigenvalue weighted by molar-refractivity contribution is 6.99. The number of nitrogens with one attached hydrogen (secondary N) is 1. The lowest BCUT2D eigenvalue weighted by Gasteiger charge is -2.46. The van der Waals surface area contributed by atoms with Gasteiger partial charge in [0.15, 0.2) is 6.29 Å². The van der Waals surface area contributed by atoms with Gasteiger partial charge < -0.3 is 19.2 Å². The largest absolute Gasteiger partial charge is 0.400 e. The molecule has 7 heteroatoms. The van der Waals surface area contributed by atoms with Crippen LogP contribution in [0.4, 0.5) is 5.82 Å². The lowest BCUT2D eigenvalue weighted by molar-refractivity contribution is -0.108. The minimum absolute atomic E-state index is 0.154. The van der Waals surface area contributed by atoms with Crippen molar-refractivity contribution in [1.82, 2.24) is 4.98 Å². The molecule has 0 saturated heterocycles. The Bertz CT molecular complexity index is 1110. The summed E-state index contributed by atoms with van der Waals surface area (Å²) in [6, 6.07) is 23.0. The second-order valence-electron chi connectivity index (χ2n) is 9.81. The van der Waals surface area contributed by atoms with E-state index >= 15 is 0 Å². The van der Waals surface area contributed by atoms with Gasteiger partial charge in [-0.05, 0) is 27.9 Å². The van der Waals surface area contributed by atoms with Crippen LogP contribution >= 0.6 is 0 Å². The summed E-state index contributed by atoms with van der Waals surface area (Å²) in [5.41, 5.74) is 1.79. The number of hydrogen-bond acceptors (Lipinski definition) is 6. The first-order valence-electron chi connectivity index (χ1n) is 11.9. The van der Waals surface area contributed by atoms with Gasteiger partial charge >= 0.3 is 0 Å². The van der Waals surface area contributed by atoms with Gasteiger partial charge in [-0.15, -0.1) is 0 Å². The first kappa shape index (κ1) is 25.3. The third-order valence-corrected chi connectivity index (χ3v) is 11.7. The second kappa shape index (κ2) is 10.4. The van der Waals surface area contributed by atoms with E-state index in [1.165, 1.54) is 24.6 Å². The van der Waals surface area contributed by atoms with Gasteiger partial charge in [-0.1, -0.05) is 81.4 Å². The third kappa shape index (κ3) is 4.69. The van der Waals surface area contributed by atoms with Crippen LogP contribution in [0.5, 0.6) is 0 Å². The van der Waals surface area contributed by atoms with Crippen molar-refractivity contribution in [2.75, 3.05) is 26.1 Å². The van der Waals surface area contributed by atoms with Gasteiger partial charge in [-0.2, -0.15) is 0 Å². The maximum atomic E-state index is 12.0. The van der Waals surface area contributed by atoms with E-state index in [0.717, 1.165) is 18.3 Å². The Labute approximate surface area is 208 Å². The fourth-order valence-corrected chi connectivity index (χ4v) is 9.74. The molecule has 6 nitrogen and oxygen atoms in total. The predicted octanol–water partition coefficient (Wildman–Crippen LogP) is 4.62. The molecular weight excluding hydrogens is 456 g/mol. The monoisotopic (exact) mass is 490 g/mol. The van der Waals surface area contributed by atoms with Crippen LogP contribution in [0.25, 0.3) is 0 Å². The molecule has 0 bridgehead atoms.